The molecule has 2 aromatic heterocycles. The van der Waals surface area contributed by atoms with Crippen LogP contribution in [-0.2, 0) is 0 Å². The topological polar surface area (TPSA) is 51.0 Å². The van der Waals surface area contributed by atoms with Gasteiger partial charge in [0.15, 0.2) is 23.0 Å². The summed E-state index contributed by atoms with van der Waals surface area (Å²) in [6.07, 6.45) is 4.19. The van der Waals surface area contributed by atoms with Crippen LogP contribution < -0.4 is 5.32 Å². The number of furan rings is 1. The molecular formula is C15H14FN3O. The maximum absolute atomic E-state index is 13.7. The van der Waals surface area contributed by atoms with Gasteiger partial charge in [-0.05, 0) is 18.6 Å². The van der Waals surface area contributed by atoms with Gasteiger partial charge in [0.05, 0.1) is 0 Å². The Morgan fingerprint density at radius 1 is 1.25 bits per heavy atom. The van der Waals surface area contributed by atoms with E-state index in [1.54, 1.807) is 30.6 Å². The SMILES string of the molecule is CCCNc1nccnc1-c1cc2cccc(F)c2o1. The van der Waals surface area contributed by atoms with Crippen molar-refractivity contribution in [2.24, 2.45) is 0 Å². The molecule has 3 rings (SSSR count). The number of benzene rings is 1. The van der Waals surface area contributed by atoms with Crippen molar-refractivity contribution >= 4 is 16.8 Å². The summed E-state index contributed by atoms with van der Waals surface area (Å²) in [6.45, 7) is 2.86. The Morgan fingerprint density at radius 2 is 2.10 bits per heavy atom. The lowest BCUT2D eigenvalue weighted by atomic mass is 10.2. The highest BCUT2D eigenvalue weighted by molar-refractivity contribution is 5.84. The van der Waals surface area contributed by atoms with Crippen LogP contribution in [0.4, 0.5) is 10.2 Å². The molecule has 1 aromatic carbocycles. The lowest BCUT2D eigenvalue weighted by Gasteiger charge is -2.06. The molecule has 1 N–H and O–H groups in total. The first-order valence-electron chi connectivity index (χ1n) is 6.53. The molecule has 0 amide bonds. The van der Waals surface area contributed by atoms with E-state index in [1.165, 1.54) is 6.07 Å². The van der Waals surface area contributed by atoms with Crippen LogP contribution in [0.3, 0.4) is 0 Å². The molecule has 0 unspecified atom stereocenters. The first kappa shape index (κ1) is 12.6. The Kier molecular flexibility index (Phi) is 3.33. The Bertz CT molecular complexity index is 739. The normalized spacial score (nSPS) is 10.9. The number of hydrogen-bond acceptors (Lipinski definition) is 4. The molecule has 5 heteroatoms. The number of nitrogens with one attached hydrogen (secondary N) is 1. The molecule has 0 atom stereocenters. The molecule has 0 saturated carbocycles. The number of hydrogen-bond donors (Lipinski definition) is 1. The van der Waals surface area contributed by atoms with E-state index in [0.717, 1.165) is 13.0 Å². The van der Waals surface area contributed by atoms with E-state index in [1.807, 2.05) is 0 Å². The molecule has 3 aromatic rings. The van der Waals surface area contributed by atoms with Crippen molar-refractivity contribution in [3.8, 4) is 11.5 Å². The second-order valence-corrected chi connectivity index (χ2v) is 4.45. The molecule has 2 heterocycles. The summed E-state index contributed by atoms with van der Waals surface area (Å²) < 4.78 is 19.3. The van der Waals surface area contributed by atoms with Crippen LogP contribution in [0.2, 0.25) is 0 Å². The van der Waals surface area contributed by atoms with E-state index in [0.29, 0.717) is 22.7 Å². The maximum atomic E-state index is 13.7. The van der Waals surface area contributed by atoms with Crippen LogP contribution >= 0.6 is 0 Å². The van der Waals surface area contributed by atoms with E-state index < -0.39 is 0 Å². The first-order chi connectivity index (χ1) is 9.79. The van der Waals surface area contributed by atoms with Crippen LogP contribution in [0.1, 0.15) is 13.3 Å². The summed E-state index contributed by atoms with van der Waals surface area (Å²) in [5, 5.41) is 3.91. The first-order valence-corrected chi connectivity index (χ1v) is 6.53. The minimum Gasteiger partial charge on any atom is -0.451 e. The standard InChI is InChI=1S/C15H14FN3O/c1-2-6-18-15-13(17-7-8-19-15)12-9-10-4-3-5-11(16)14(10)20-12/h3-5,7-9H,2,6H2,1H3,(H,18,19). The summed E-state index contributed by atoms with van der Waals surface area (Å²) in [5.41, 5.74) is 0.839. The molecule has 102 valence electrons. The van der Waals surface area contributed by atoms with Crippen molar-refractivity contribution in [1.29, 1.82) is 0 Å². The number of fused-ring (bicyclic) bond motifs is 1. The Hall–Kier alpha value is -2.43. The lowest BCUT2D eigenvalue weighted by molar-refractivity contribution is 0.567. The number of halogens is 1. The summed E-state index contributed by atoms with van der Waals surface area (Å²) >= 11 is 0. The van der Waals surface area contributed by atoms with E-state index >= 15 is 0 Å². The van der Waals surface area contributed by atoms with Crippen LogP contribution in [0.5, 0.6) is 0 Å². The second-order valence-electron chi connectivity index (χ2n) is 4.45. The van der Waals surface area contributed by atoms with Gasteiger partial charge in [-0.15, -0.1) is 0 Å². The largest absolute Gasteiger partial charge is 0.451 e. The predicted octanol–water partition coefficient (Wildman–Crippen LogP) is 3.85. The third-order valence-electron chi connectivity index (χ3n) is 2.97. The number of aromatic nitrogens is 2. The molecule has 20 heavy (non-hydrogen) atoms. The molecule has 0 aliphatic rings. The van der Waals surface area contributed by atoms with Gasteiger partial charge < -0.3 is 9.73 Å². The summed E-state index contributed by atoms with van der Waals surface area (Å²) in [7, 11) is 0. The van der Waals surface area contributed by atoms with Gasteiger partial charge in [-0.2, -0.15) is 0 Å². The maximum Gasteiger partial charge on any atom is 0.170 e. The van der Waals surface area contributed by atoms with Crippen molar-refractivity contribution in [1.82, 2.24) is 9.97 Å². The summed E-state index contributed by atoms with van der Waals surface area (Å²) in [6, 6.07) is 6.62. The van der Waals surface area contributed by atoms with Crippen molar-refractivity contribution in [3.05, 3.63) is 42.5 Å². The molecule has 0 radical (unpaired) electrons. The lowest BCUT2D eigenvalue weighted by Crippen LogP contribution is -2.04. The van der Waals surface area contributed by atoms with Gasteiger partial charge >= 0.3 is 0 Å². The average Bonchev–Trinajstić information content (AvgIpc) is 2.91. The van der Waals surface area contributed by atoms with Crippen molar-refractivity contribution in [3.63, 3.8) is 0 Å². The highest BCUT2D eigenvalue weighted by atomic mass is 19.1. The fourth-order valence-electron chi connectivity index (χ4n) is 2.04. The van der Waals surface area contributed by atoms with Crippen molar-refractivity contribution in [2.75, 3.05) is 11.9 Å². The smallest absolute Gasteiger partial charge is 0.170 e. The zero-order chi connectivity index (χ0) is 13.9. The third kappa shape index (κ3) is 2.22. The Morgan fingerprint density at radius 3 is 2.90 bits per heavy atom. The van der Waals surface area contributed by atoms with Crippen LogP contribution in [-0.4, -0.2) is 16.5 Å². The van der Waals surface area contributed by atoms with Crippen molar-refractivity contribution < 1.29 is 8.81 Å². The number of para-hydroxylation sites is 1. The molecule has 0 saturated heterocycles. The van der Waals surface area contributed by atoms with Gasteiger partial charge in [0.25, 0.3) is 0 Å². The minimum atomic E-state index is -0.374. The Balaban J connectivity index is 2.08. The zero-order valence-electron chi connectivity index (χ0n) is 11.1. The van der Waals surface area contributed by atoms with E-state index in [9.17, 15) is 4.39 Å². The van der Waals surface area contributed by atoms with Gasteiger partial charge in [0.2, 0.25) is 0 Å². The van der Waals surface area contributed by atoms with Crippen molar-refractivity contribution in [2.45, 2.75) is 13.3 Å². The molecule has 0 aliphatic heterocycles. The highest BCUT2D eigenvalue weighted by Gasteiger charge is 2.14. The quantitative estimate of drug-likeness (QED) is 0.783. The molecule has 0 bridgehead atoms. The average molecular weight is 271 g/mol. The minimum absolute atomic E-state index is 0.245. The van der Waals surface area contributed by atoms with Crippen LogP contribution in [0.25, 0.3) is 22.4 Å². The molecular weight excluding hydrogens is 257 g/mol. The molecule has 0 fully saturated rings. The van der Waals surface area contributed by atoms with Crippen LogP contribution in [0.15, 0.2) is 41.1 Å². The zero-order valence-corrected chi connectivity index (χ0v) is 11.1. The summed E-state index contributed by atoms with van der Waals surface area (Å²) in [5.74, 6) is 0.784. The number of anilines is 1. The fourth-order valence-corrected chi connectivity index (χ4v) is 2.04. The van der Waals surface area contributed by atoms with E-state index in [-0.39, 0.29) is 11.4 Å². The van der Waals surface area contributed by atoms with E-state index in [2.05, 4.69) is 22.2 Å². The molecule has 0 spiro atoms. The van der Waals surface area contributed by atoms with Gasteiger partial charge in [0, 0.05) is 24.3 Å². The summed E-state index contributed by atoms with van der Waals surface area (Å²) in [4.78, 5) is 8.54. The highest BCUT2D eigenvalue weighted by Crippen LogP contribution is 2.31. The number of rotatable bonds is 4. The second kappa shape index (κ2) is 5.28. The number of nitrogens with zero attached hydrogens (tertiary/aromatic N) is 2. The monoisotopic (exact) mass is 271 g/mol. The van der Waals surface area contributed by atoms with Gasteiger partial charge in [-0.3, -0.25) is 0 Å². The fraction of sp³-hybridized carbons (Fsp3) is 0.200. The Labute approximate surface area is 115 Å². The van der Waals surface area contributed by atoms with Crippen LogP contribution in [0, 0.1) is 5.82 Å². The molecule has 0 aliphatic carbocycles. The van der Waals surface area contributed by atoms with Gasteiger partial charge in [0.1, 0.15) is 5.69 Å². The van der Waals surface area contributed by atoms with Gasteiger partial charge in [-0.1, -0.05) is 19.1 Å². The predicted molar refractivity (Wildman–Crippen MR) is 76.0 cm³/mol. The molecule has 4 nitrogen and oxygen atoms in total. The third-order valence-corrected chi connectivity index (χ3v) is 2.97. The van der Waals surface area contributed by atoms with Gasteiger partial charge in [-0.25, -0.2) is 14.4 Å². The van der Waals surface area contributed by atoms with E-state index in [4.69, 9.17) is 4.42 Å².